The summed E-state index contributed by atoms with van der Waals surface area (Å²) in [6.07, 6.45) is 11.4. The zero-order chi connectivity index (χ0) is 12.6. The SMILES string of the molecule is C1CCCCC1.CC#N.NC(=O)/C=C\CO. The smallest absolute Gasteiger partial charge is 0.241 e. The van der Waals surface area contributed by atoms with E-state index in [1.54, 1.807) is 6.07 Å². The Hall–Kier alpha value is -1.34. The Kier molecular flexibility index (Phi) is 17.2. The lowest BCUT2D eigenvalue weighted by molar-refractivity contribution is -0.113. The lowest BCUT2D eigenvalue weighted by atomic mass is 10.0. The van der Waals surface area contributed by atoms with E-state index in [-0.39, 0.29) is 6.61 Å². The first kappa shape index (κ1) is 17.1. The summed E-state index contributed by atoms with van der Waals surface area (Å²) in [5, 5.41) is 15.3. The predicted molar refractivity (Wildman–Crippen MR) is 64.4 cm³/mol. The molecule has 16 heavy (non-hydrogen) atoms. The number of nitriles is 1. The van der Waals surface area contributed by atoms with Gasteiger partial charge in [0.25, 0.3) is 0 Å². The minimum Gasteiger partial charge on any atom is -0.392 e. The van der Waals surface area contributed by atoms with Crippen molar-refractivity contribution < 1.29 is 9.90 Å². The molecule has 0 aromatic rings. The van der Waals surface area contributed by atoms with Crippen molar-refractivity contribution in [3.63, 3.8) is 0 Å². The van der Waals surface area contributed by atoms with Gasteiger partial charge in [-0.25, -0.2) is 0 Å². The highest BCUT2D eigenvalue weighted by Gasteiger charge is 1.95. The molecule has 0 atom stereocenters. The molecule has 1 saturated carbocycles. The monoisotopic (exact) mass is 226 g/mol. The molecule has 0 aromatic heterocycles. The summed E-state index contributed by atoms with van der Waals surface area (Å²) in [5.74, 6) is -0.533. The predicted octanol–water partition coefficient (Wildman–Crippen LogP) is 1.89. The van der Waals surface area contributed by atoms with Crippen LogP contribution in [-0.4, -0.2) is 17.6 Å². The maximum atomic E-state index is 9.78. The average molecular weight is 226 g/mol. The van der Waals surface area contributed by atoms with Gasteiger partial charge in [0.1, 0.15) is 0 Å². The molecule has 3 N–H and O–H groups in total. The Morgan fingerprint density at radius 1 is 1.31 bits per heavy atom. The molecule has 1 aliphatic carbocycles. The molecular formula is C12H22N2O2. The van der Waals surface area contributed by atoms with Crippen molar-refractivity contribution in [2.24, 2.45) is 5.73 Å². The van der Waals surface area contributed by atoms with E-state index < -0.39 is 5.91 Å². The topological polar surface area (TPSA) is 87.1 Å². The fraction of sp³-hybridized carbons (Fsp3) is 0.667. The molecule has 4 nitrogen and oxygen atoms in total. The molecule has 0 aliphatic heterocycles. The number of hydrogen-bond donors (Lipinski definition) is 2. The highest BCUT2D eigenvalue weighted by atomic mass is 16.2. The van der Waals surface area contributed by atoms with E-state index in [9.17, 15) is 4.79 Å². The van der Waals surface area contributed by atoms with E-state index in [2.05, 4.69) is 5.73 Å². The van der Waals surface area contributed by atoms with Crippen LogP contribution in [0.1, 0.15) is 45.4 Å². The van der Waals surface area contributed by atoms with Gasteiger partial charge in [-0.2, -0.15) is 5.26 Å². The van der Waals surface area contributed by atoms with Crippen molar-refractivity contribution in [1.29, 1.82) is 5.26 Å². The molecule has 0 saturated heterocycles. The van der Waals surface area contributed by atoms with Crippen LogP contribution in [-0.2, 0) is 4.79 Å². The number of aliphatic hydroxyl groups excluding tert-OH is 1. The van der Waals surface area contributed by atoms with Gasteiger partial charge in [-0.3, -0.25) is 4.79 Å². The van der Waals surface area contributed by atoms with E-state index in [4.69, 9.17) is 10.4 Å². The molecule has 0 aromatic carbocycles. The average Bonchev–Trinajstić information content (AvgIpc) is 2.30. The Labute approximate surface area is 97.8 Å². The second-order valence-electron chi connectivity index (χ2n) is 3.33. The van der Waals surface area contributed by atoms with E-state index in [1.165, 1.54) is 51.5 Å². The molecule has 1 amide bonds. The van der Waals surface area contributed by atoms with Crippen LogP contribution in [0.4, 0.5) is 0 Å². The summed E-state index contributed by atoms with van der Waals surface area (Å²) in [7, 11) is 0. The van der Waals surface area contributed by atoms with Crippen molar-refractivity contribution >= 4 is 5.91 Å². The molecule has 92 valence electrons. The molecule has 0 spiro atoms. The number of carbonyl (C=O) groups excluding carboxylic acids is 1. The van der Waals surface area contributed by atoms with Gasteiger partial charge < -0.3 is 10.8 Å². The molecule has 0 heterocycles. The Balaban J connectivity index is 0. The number of nitrogens with two attached hydrogens (primary N) is 1. The zero-order valence-electron chi connectivity index (χ0n) is 9.98. The van der Waals surface area contributed by atoms with Crippen LogP contribution in [0.2, 0.25) is 0 Å². The van der Waals surface area contributed by atoms with Crippen LogP contribution < -0.4 is 5.73 Å². The molecule has 0 radical (unpaired) electrons. The number of carbonyl (C=O) groups is 1. The van der Waals surface area contributed by atoms with E-state index >= 15 is 0 Å². The van der Waals surface area contributed by atoms with Crippen molar-refractivity contribution in [3.05, 3.63) is 12.2 Å². The highest BCUT2D eigenvalue weighted by molar-refractivity contribution is 5.85. The molecular weight excluding hydrogens is 204 g/mol. The molecule has 1 aliphatic rings. The minimum absolute atomic E-state index is 0.136. The highest BCUT2D eigenvalue weighted by Crippen LogP contribution is 2.15. The zero-order valence-corrected chi connectivity index (χ0v) is 9.98. The van der Waals surface area contributed by atoms with Crippen LogP contribution >= 0.6 is 0 Å². The second-order valence-corrected chi connectivity index (χ2v) is 3.33. The third-order valence-electron chi connectivity index (χ3n) is 1.89. The number of rotatable bonds is 2. The summed E-state index contributed by atoms with van der Waals surface area (Å²) >= 11 is 0. The van der Waals surface area contributed by atoms with Gasteiger partial charge in [0.15, 0.2) is 0 Å². The summed E-state index contributed by atoms with van der Waals surface area (Å²) in [6, 6.07) is 1.75. The van der Waals surface area contributed by atoms with Crippen LogP contribution in [0, 0.1) is 11.3 Å². The first-order chi connectivity index (χ1) is 7.68. The molecule has 0 bridgehead atoms. The minimum atomic E-state index is -0.533. The fourth-order valence-electron chi connectivity index (χ4n) is 1.23. The fourth-order valence-corrected chi connectivity index (χ4v) is 1.23. The van der Waals surface area contributed by atoms with Gasteiger partial charge in [0, 0.05) is 13.0 Å². The van der Waals surface area contributed by atoms with Crippen LogP contribution in [0.25, 0.3) is 0 Å². The lowest BCUT2D eigenvalue weighted by Gasteiger charge is -2.05. The maximum absolute atomic E-state index is 9.78. The number of amides is 1. The largest absolute Gasteiger partial charge is 0.392 e. The van der Waals surface area contributed by atoms with Crippen LogP contribution in [0.5, 0.6) is 0 Å². The third-order valence-corrected chi connectivity index (χ3v) is 1.89. The summed E-state index contributed by atoms with van der Waals surface area (Å²) in [6.45, 7) is 1.29. The van der Waals surface area contributed by atoms with E-state index in [0.717, 1.165) is 6.08 Å². The van der Waals surface area contributed by atoms with Gasteiger partial charge in [0.05, 0.1) is 12.7 Å². The Morgan fingerprint density at radius 2 is 1.62 bits per heavy atom. The molecule has 0 unspecified atom stereocenters. The number of aliphatic hydroxyl groups is 1. The summed E-state index contributed by atoms with van der Waals surface area (Å²) < 4.78 is 0. The Morgan fingerprint density at radius 3 is 1.75 bits per heavy atom. The van der Waals surface area contributed by atoms with Crippen molar-refractivity contribution in [3.8, 4) is 6.07 Å². The maximum Gasteiger partial charge on any atom is 0.241 e. The number of primary amides is 1. The summed E-state index contributed by atoms with van der Waals surface area (Å²) in [4.78, 5) is 9.78. The molecule has 4 heteroatoms. The van der Waals surface area contributed by atoms with Crippen molar-refractivity contribution in [1.82, 2.24) is 0 Å². The van der Waals surface area contributed by atoms with Gasteiger partial charge in [-0.15, -0.1) is 0 Å². The summed E-state index contributed by atoms with van der Waals surface area (Å²) in [5.41, 5.74) is 4.64. The quantitative estimate of drug-likeness (QED) is 0.705. The standard InChI is InChI=1S/C6H12.C4H7NO2.C2H3N/c1-2-4-6-5-3-1;5-4(7)2-1-3-6;1-2-3/h1-6H2;1-2,6H,3H2,(H2,5,7);1H3/b;2-1-;. The van der Waals surface area contributed by atoms with E-state index in [0.29, 0.717) is 0 Å². The van der Waals surface area contributed by atoms with Crippen molar-refractivity contribution in [2.45, 2.75) is 45.4 Å². The second kappa shape index (κ2) is 16.1. The van der Waals surface area contributed by atoms with Crippen LogP contribution in [0.3, 0.4) is 0 Å². The van der Waals surface area contributed by atoms with Gasteiger partial charge in [-0.05, 0) is 0 Å². The normalized spacial score (nSPS) is 13.8. The Bertz CT molecular complexity index is 204. The lowest BCUT2D eigenvalue weighted by Crippen LogP contribution is -2.05. The number of nitrogens with zero attached hydrogens (tertiary/aromatic N) is 1. The van der Waals surface area contributed by atoms with Crippen LogP contribution in [0.15, 0.2) is 12.2 Å². The molecule has 1 rings (SSSR count). The van der Waals surface area contributed by atoms with Gasteiger partial charge >= 0.3 is 0 Å². The van der Waals surface area contributed by atoms with Gasteiger partial charge in [0.2, 0.25) is 5.91 Å². The first-order valence-electron chi connectivity index (χ1n) is 5.56. The molecule has 1 fully saturated rings. The van der Waals surface area contributed by atoms with Crippen molar-refractivity contribution in [2.75, 3.05) is 6.61 Å². The first-order valence-corrected chi connectivity index (χ1v) is 5.56. The third kappa shape index (κ3) is 23.0. The van der Waals surface area contributed by atoms with Gasteiger partial charge in [-0.1, -0.05) is 44.6 Å². The van der Waals surface area contributed by atoms with E-state index in [1.807, 2.05) is 0 Å². The number of hydrogen-bond acceptors (Lipinski definition) is 3.